The fourth-order valence-electron chi connectivity index (χ4n) is 2.42. The van der Waals surface area contributed by atoms with E-state index in [9.17, 15) is 14.7 Å². The molecule has 0 saturated carbocycles. The molecule has 2 rings (SSSR count). The van der Waals surface area contributed by atoms with Gasteiger partial charge in [0, 0.05) is 11.3 Å². The van der Waals surface area contributed by atoms with Crippen molar-refractivity contribution in [1.29, 1.82) is 0 Å². The summed E-state index contributed by atoms with van der Waals surface area (Å²) in [6.07, 6.45) is 1.11. The van der Waals surface area contributed by atoms with Crippen LogP contribution in [0.2, 0.25) is 0 Å². The molecule has 1 unspecified atom stereocenters. The lowest BCUT2D eigenvalue weighted by molar-refractivity contribution is -0.139. The van der Waals surface area contributed by atoms with Crippen molar-refractivity contribution in [2.45, 2.75) is 32.6 Å². The Morgan fingerprint density at radius 1 is 1.33 bits per heavy atom. The monoisotopic (exact) mass is 286 g/mol. The van der Waals surface area contributed by atoms with Gasteiger partial charge in [0.05, 0.1) is 11.5 Å². The van der Waals surface area contributed by atoms with E-state index in [1.54, 1.807) is 6.92 Å². The molecule has 0 saturated heterocycles. The smallest absolute Gasteiger partial charge is 0.311 e. The second-order valence-corrected chi connectivity index (χ2v) is 4.96. The fourth-order valence-corrected chi connectivity index (χ4v) is 2.42. The van der Waals surface area contributed by atoms with Gasteiger partial charge in [-0.05, 0) is 13.3 Å². The van der Waals surface area contributed by atoms with Gasteiger partial charge in [0.1, 0.15) is 5.82 Å². The van der Waals surface area contributed by atoms with Crippen LogP contribution < -0.4 is 5.56 Å². The normalized spacial score (nSPS) is 12.1. The molecule has 0 aliphatic carbocycles. The minimum Gasteiger partial charge on any atom is -0.481 e. The zero-order chi connectivity index (χ0) is 15.4. The number of benzene rings is 1. The van der Waals surface area contributed by atoms with E-state index in [1.165, 1.54) is 0 Å². The number of hydrogen-bond acceptors (Lipinski definition) is 3. The Bertz CT molecular complexity index is 692. The molecule has 2 N–H and O–H groups in total. The van der Waals surface area contributed by atoms with Gasteiger partial charge in [0.25, 0.3) is 5.56 Å². The Hall–Kier alpha value is -2.43. The average Bonchev–Trinajstić information content (AvgIpc) is 2.46. The molecule has 0 aliphatic heterocycles. The van der Waals surface area contributed by atoms with Crippen LogP contribution in [0.25, 0.3) is 11.4 Å². The predicted octanol–water partition coefficient (Wildman–Crippen LogP) is 2.71. The third-order valence-electron chi connectivity index (χ3n) is 3.42. The van der Waals surface area contributed by atoms with E-state index in [0.717, 1.165) is 5.56 Å². The molecule has 1 heterocycles. The van der Waals surface area contributed by atoms with Crippen molar-refractivity contribution in [3.63, 3.8) is 0 Å². The van der Waals surface area contributed by atoms with E-state index in [-0.39, 0.29) is 11.1 Å². The molecule has 5 heteroatoms. The number of aryl methyl sites for hydroxylation is 1. The Kier molecular flexibility index (Phi) is 4.52. The molecule has 5 nitrogen and oxygen atoms in total. The molecule has 0 fully saturated rings. The summed E-state index contributed by atoms with van der Waals surface area (Å²) < 4.78 is 0. The first kappa shape index (κ1) is 15.0. The average molecular weight is 286 g/mol. The van der Waals surface area contributed by atoms with E-state index >= 15 is 0 Å². The number of carboxylic acid groups (broad SMARTS) is 1. The maximum Gasteiger partial charge on any atom is 0.311 e. The van der Waals surface area contributed by atoms with Gasteiger partial charge < -0.3 is 10.1 Å². The molecule has 1 aromatic heterocycles. The highest BCUT2D eigenvalue weighted by Crippen LogP contribution is 2.22. The molecular weight excluding hydrogens is 268 g/mol. The number of aromatic amines is 1. The molecule has 0 spiro atoms. The largest absolute Gasteiger partial charge is 0.481 e. The summed E-state index contributed by atoms with van der Waals surface area (Å²) in [5, 5.41) is 9.31. The minimum atomic E-state index is -0.986. The summed E-state index contributed by atoms with van der Waals surface area (Å²) in [7, 11) is 0. The molecular formula is C16H18N2O3. The molecule has 0 amide bonds. The highest BCUT2D eigenvalue weighted by atomic mass is 16.4. The van der Waals surface area contributed by atoms with E-state index in [4.69, 9.17) is 0 Å². The van der Waals surface area contributed by atoms with Gasteiger partial charge in [-0.1, -0.05) is 43.7 Å². The zero-order valence-electron chi connectivity index (χ0n) is 12.1. The summed E-state index contributed by atoms with van der Waals surface area (Å²) in [6, 6.07) is 9.28. The first-order valence-electron chi connectivity index (χ1n) is 6.93. The maximum atomic E-state index is 12.3. The highest BCUT2D eigenvalue weighted by molar-refractivity contribution is 5.76. The number of rotatable bonds is 5. The maximum absolute atomic E-state index is 12.3. The Morgan fingerprint density at radius 2 is 2.00 bits per heavy atom. The van der Waals surface area contributed by atoms with E-state index in [1.807, 2.05) is 37.3 Å². The van der Waals surface area contributed by atoms with E-state index in [0.29, 0.717) is 24.4 Å². The van der Waals surface area contributed by atoms with Crippen LogP contribution in [0, 0.1) is 6.92 Å². The molecule has 2 aromatic rings. The number of carbonyl (C=O) groups is 1. The van der Waals surface area contributed by atoms with Crippen molar-refractivity contribution < 1.29 is 9.90 Å². The summed E-state index contributed by atoms with van der Waals surface area (Å²) in [5.41, 5.74) is 1.15. The zero-order valence-corrected chi connectivity index (χ0v) is 12.1. The van der Waals surface area contributed by atoms with Crippen LogP contribution in [0.5, 0.6) is 0 Å². The van der Waals surface area contributed by atoms with Crippen molar-refractivity contribution in [1.82, 2.24) is 9.97 Å². The van der Waals surface area contributed by atoms with Crippen molar-refractivity contribution in [3.05, 3.63) is 51.9 Å². The van der Waals surface area contributed by atoms with Gasteiger partial charge in [0.2, 0.25) is 0 Å². The Balaban J connectivity index is 2.52. The molecule has 21 heavy (non-hydrogen) atoms. The van der Waals surface area contributed by atoms with Gasteiger partial charge in [-0.25, -0.2) is 4.98 Å². The fraction of sp³-hybridized carbons (Fsp3) is 0.312. The van der Waals surface area contributed by atoms with Crippen LogP contribution >= 0.6 is 0 Å². The van der Waals surface area contributed by atoms with Gasteiger partial charge in [-0.15, -0.1) is 0 Å². The second kappa shape index (κ2) is 6.35. The molecule has 1 atom stereocenters. The molecule has 1 aromatic carbocycles. The standard InChI is InChI=1S/C16H18N2O3/c1-3-7-12(16(20)21)13-10(2)17-14(18-15(13)19)11-8-5-4-6-9-11/h4-6,8-9,12H,3,7H2,1-2H3,(H,20,21)(H,17,18,19). The molecule has 0 bridgehead atoms. The quantitative estimate of drug-likeness (QED) is 0.885. The Morgan fingerprint density at radius 3 is 2.52 bits per heavy atom. The van der Waals surface area contributed by atoms with Gasteiger partial charge >= 0.3 is 5.97 Å². The summed E-state index contributed by atoms with van der Waals surface area (Å²) >= 11 is 0. The highest BCUT2D eigenvalue weighted by Gasteiger charge is 2.25. The number of carboxylic acids is 1. The first-order valence-corrected chi connectivity index (χ1v) is 6.93. The third kappa shape index (κ3) is 3.18. The predicted molar refractivity (Wildman–Crippen MR) is 80.3 cm³/mol. The Labute approximate surface area is 122 Å². The lowest BCUT2D eigenvalue weighted by Gasteiger charge is -2.13. The number of nitrogens with one attached hydrogen (secondary N) is 1. The van der Waals surface area contributed by atoms with Crippen LogP contribution in [0.3, 0.4) is 0 Å². The lowest BCUT2D eigenvalue weighted by Crippen LogP contribution is -2.25. The topological polar surface area (TPSA) is 83.0 Å². The van der Waals surface area contributed by atoms with Crippen LogP contribution in [0.1, 0.15) is 36.9 Å². The number of aromatic nitrogens is 2. The second-order valence-electron chi connectivity index (χ2n) is 4.96. The lowest BCUT2D eigenvalue weighted by atomic mass is 9.94. The van der Waals surface area contributed by atoms with Gasteiger partial charge in [0.15, 0.2) is 0 Å². The van der Waals surface area contributed by atoms with Crippen LogP contribution in [0.4, 0.5) is 0 Å². The molecule has 0 aliphatic rings. The summed E-state index contributed by atoms with van der Waals surface area (Å²) in [6.45, 7) is 3.58. The number of aliphatic carboxylic acids is 1. The van der Waals surface area contributed by atoms with Crippen molar-refractivity contribution in [3.8, 4) is 11.4 Å². The van der Waals surface area contributed by atoms with Gasteiger partial charge in [-0.2, -0.15) is 0 Å². The summed E-state index contributed by atoms with van der Waals surface area (Å²) in [5.74, 6) is -1.33. The molecule has 0 radical (unpaired) electrons. The van der Waals surface area contributed by atoms with E-state index in [2.05, 4.69) is 9.97 Å². The van der Waals surface area contributed by atoms with Gasteiger partial charge in [-0.3, -0.25) is 9.59 Å². The van der Waals surface area contributed by atoms with Crippen molar-refractivity contribution >= 4 is 5.97 Å². The first-order chi connectivity index (χ1) is 10.0. The van der Waals surface area contributed by atoms with Crippen LogP contribution in [0.15, 0.2) is 35.1 Å². The van der Waals surface area contributed by atoms with Crippen LogP contribution in [-0.2, 0) is 4.79 Å². The number of H-pyrrole nitrogens is 1. The number of hydrogen-bond donors (Lipinski definition) is 2. The summed E-state index contributed by atoms with van der Waals surface area (Å²) in [4.78, 5) is 30.7. The van der Waals surface area contributed by atoms with Crippen molar-refractivity contribution in [2.75, 3.05) is 0 Å². The minimum absolute atomic E-state index is 0.254. The van der Waals surface area contributed by atoms with E-state index < -0.39 is 11.9 Å². The third-order valence-corrected chi connectivity index (χ3v) is 3.42. The SMILES string of the molecule is CCCC(C(=O)O)c1c(C)nc(-c2ccccc2)[nH]c1=O. The number of nitrogens with zero attached hydrogens (tertiary/aromatic N) is 1. The van der Waals surface area contributed by atoms with Crippen LogP contribution in [-0.4, -0.2) is 21.0 Å². The van der Waals surface area contributed by atoms with Crippen molar-refractivity contribution in [2.24, 2.45) is 0 Å². The molecule has 110 valence electrons.